The molecule has 0 N–H and O–H groups in total. The average Bonchev–Trinajstić information content (AvgIpc) is 3.34. The van der Waals surface area contributed by atoms with Crippen LogP contribution >= 0.6 is 0 Å². The quantitative estimate of drug-likeness (QED) is 0.783. The summed E-state index contributed by atoms with van der Waals surface area (Å²) in [5.74, 6) is 2.58. The first kappa shape index (κ1) is 16.9. The maximum absolute atomic E-state index is 12.3. The Morgan fingerprint density at radius 2 is 1.81 bits per heavy atom. The third-order valence-electron chi connectivity index (χ3n) is 6.04. The Labute approximate surface area is 158 Å². The van der Waals surface area contributed by atoms with E-state index in [1.807, 2.05) is 26.0 Å². The molecule has 142 valence electrons. The number of amidine groups is 1. The minimum Gasteiger partial charge on any atom is -0.361 e. The van der Waals surface area contributed by atoms with Crippen molar-refractivity contribution in [2.75, 3.05) is 26.2 Å². The first-order valence-electron chi connectivity index (χ1n) is 9.26. The molecule has 0 saturated carbocycles. The van der Waals surface area contributed by atoms with Crippen molar-refractivity contribution in [2.45, 2.75) is 25.3 Å². The van der Waals surface area contributed by atoms with E-state index in [-0.39, 0.29) is 0 Å². The van der Waals surface area contributed by atoms with Crippen molar-refractivity contribution < 1.29 is 12.9 Å². The van der Waals surface area contributed by atoms with Crippen LogP contribution in [-0.2, 0) is 16.6 Å². The van der Waals surface area contributed by atoms with E-state index in [0.29, 0.717) is 22.6 Å². The van der Waals surface area contributed by atoms with E-state index in [0.717, 1.165) is 49.7 Å². The second kappa shape index (κ2) is 5.90. The van der Waals surface area contributed by atoms with Crippen molar-refractivity contribution in [1.82, 2.24) is 15.0 Å². The molecule has 0 amide bonds. The highest BCUT2D eigenvalue weighted by atomic mass is 32.2. The van der Waals surface area contributed by atoms with Crippen LogP contribution in [0.2, 0.25) is 0 Å². The van der Waals surface area contributed by atoms with Gasteiger partial charge in [0.05, 0.1) is 5.69 Å². The molecule has 5 rings (SSSR count). The highest BCUT2D eigenvalue weighted by Crippen LogP contribution is 2.36. The van der Waals surface area contributed by atoms with Gasteiger partial charge in [-0.05, 0) is 37.8 Å². The predicted octanol–water partition coefficient (Wildman–Crippen LogP) is 1.80. The lowest BCUT2D eigenvalue weighted by Crippen LogP contribution is -2.33. The summed E-state index contributed by atoms with van der Waals surface area (Å²) >= 11 is 0. The zero-order valence-corrected chi connectivity index (χ0v) is 16.2. The lowest BCUT2D eigenvalue weighted by Gasteiger charge is -2.22. The zero-order valence-electron chi connectivity index (χ0n) is 15.4. The molecule has 8 heteroatoms. The van der Waals surface area contributed by atoms with Crippen LogP contribution in [0.5, 0.6) is 0 Å². The summed E-state index contributed by atoms with van der Waals surface area (Å²) < 4.78 is 34.0. The number of rotatable bonds is 2. The van der Waals surface area contributed by atoms with E-state index in [1.165, 1.54) is 5.56 Å². The topological polar surface area (TPSA) is 79.0 Å². The third-order valence-corrected chi connectivity index (χ3v) is 7.36. The second-order valence-electron chi connectivity index (χ2n) is 7.81. The minimum absolute atomic E-state index is 0.331. The van der Waals surface area contributed by atoms with Crippen LogP contribution in [0.15, 0.2) is 38.1 Å². The molecule has 0 spiro atoms. The van der Waals surface area contributed by atoms with Crippen molar-refractivity contribution in [2.24, 2.45) is 16.2 Å². The molecule has 3 aliphatic rings. The molecule has 1 aromatic carbocycles. The molecule has 2 atom stereocenters. The lowest BCUT2D eigenvalue weighted by atomic mass is 10.0. The van der Waals surface area contributed by atoms with Gasteiger partial charge in [-0.3, -0.25) is 4.90 Å². The Balaban J connectivity index is 1.31. The van der Waals surface area contributed by atoms with E-state index in [1.54, 1.807) is 12.1 Å². The van der Waals surface area contributed by atoms with Crippen LogP contribution in [0.3, 0.4) is 0 Å². The van der Waals surface area contributed by atoms with Crippen LogP contribution in [0.25, 0.3) is 0 Å². The van der Waals surface area contributed by atoms with E-state index in [2.05, 4.69) is 19.4 Å². The Morgan fingerprint density at radius 3 is 2.48 bits per heavy atom. The highest BCUT2D eigenvalue weighted by Gasteiger charge is 2.43. The molecule has 2 saturated heterocycles. The fourth-order valence-electron chi connectivity index (χ4n) is 4.66. The number of aryl methyl sites for hydroxylation is 2. The zero-order chi connectivity index (χ0) is 18.8. The number of aromatic nitrogens is 1. The van der Waals surface area contributed by atoms with Gasteiger partial charge in [0, 0.05) is 43.9 Å². The second-order valence-corrected chi connectivity index (χ2v) is 9.38. The summed E-state index contributed by atoms with van der Waals surface area (Å²) in [6.07, 6.45) is 0. The molecule has 2 aromatic rings. The maximum atomic E-state index is 12.3. The lowest BCUT2D eigenvalue weighted by molar-refractivity contribution is 0.285. The van der Waals surface area contributed by atoms with Gasteiger partial charge in [0.1, 0.15) is 10.7 Å². The molecule has 2 unspecified atom stereocenters. The van der Waals surface area contributed by atoms with Gasteiger partial charge in [-0.25, -0.2) is 0 Å². The summed E-state index contributed by atoms with van der Waals surface area (Å²) in [6.45, 7) is 8.54. The summed E-state index contributed by atoms with van der Waals surface area (Å²) in [6, 6.07) is 7.12. The predicted molar refractivity (Wildman–Crippen MR) is 100.0 cm³/mol. The molecule has 2 fully saturated rings. The fraction of sp³-hybridized carbons (Fsp3) is 0.474. The van der Waals surface area contributed by atoms with Crippen LogP contribution in [-0.4, -0.2) is 55.4 Å². The number of hydrogen-bond donors (Lipinski definition) is 0. The molecule has 27 heavy (non-hydrogen) atoms. The normalized spacial score (nSPS) is 26.3. The number of likely N-dealkylation sites (tertiary alicyclic amines) is 2. The third kappa shape index (κ3) is 2.70. The Bertz CT molecular complexity index is 1010. The monoisotopic (exact) mass is 386 g/mol. The van der Waals surface area contributed by atoms with Gasteiger partial charge < -0.3 is 9.42 Å². The SMILES string of the molecule is Cc1noc(C)c1CN1CC2CN(C3=NS(=O)(=O)c4ccccc43)CC2C1. The summed E-state index contributed by atoms with van der Waals surface area (Å²) in [5.41, 5.74) is 2.89. The van der Waals surface area contributed by atoms with Crippen molar-refractivity contribution in [3.63, 3.8) is 0 Å². The molecule has 0 radical (unpaired) electrons. The van der Waals surface area contributed by atoms with Crippen molar-refractivity contribution in [3.8, 4) is 0 Å². The van der Waals surface area contributed by atoms with Crippen molar-refractivity contribution in [1.29, 1.82) is 0 Å². The molecular weight excluding hydrogens is 364 g/mol. The molecule has 4 heterocycles. The van der Waals surface area contributed by atoms with E-state index >= 15 is 0 Å². The molecule has 1 aromatic heterocycles. The van der Waals surface area contributed by atoms with E-state index < -0.39 is 10.0 Å². The first-order valence-corrected chi connectivity index (χ1v) is 10.7. The summed E-state index contributed by atoms with van der Waals surface area (Å²) in [5, 5.41) is 4.05. The van der Waals surface area contributed by atoms with Gasteiger partial charge in [-0.2, -0.15) is 8.42 Å². The van der Waals surface area contributed by atoms with Gasteiger partial charge in [0.15, 0.2) is 5.84 Å². The summed E-state index contributed by atoms with van der Waals surface area (Å²) in [4.78, 5) is 4.95. The highest BCUT2D eigenvalue weighted by molar-refractivity contribution is 7.90. The molecule has 3 aliphatic heterocycles. The number of benzene rings is 1. The number of nitrogens with zero attached hydrogens (tertiary/aromatic N) is 4. The van der Waals surface area contributed by atoms with Crippen LogP contribution in [0.1, 0.15) is 22.6 Å². The number of hydrogen-bond acceptors (Lipinski definition) is 6. The van der Waals surface area contributed by atoms with E-state index in [4.69, 9.17) is 4.52 Å². The van der Waals surface area contributed by atoms with Crippen LogP contribution in [0, 0.1) is 25.7 Å². The van der Waals surface area contributed by atoms with Gasteiger partial charge in [-0.1, -0.05) is 17.3 Å². The summed E-state index contributed by atoms with van der Waals surface area (Å²) in [7, 11) is -3.55. The van der Waals surface area contributed by atoms with Gasteiger partial charge in [0.2, 0.25) is 0 Å². The van der Waals surface area contributed by atoms with Crippen molar-refractivity contribution >= 4 is 15.9 Å². The standard InChI is InChI=1S/C19H22N4O3S/c1-12-17(13(2)26-20-12)11-22-7-14-9-23(10-15(14)8-22)19-16-5-3-4-6-18(16)27(24,25)21-19/h3-6,14-15H,7-11H2,1-2H3. The maximum Gasteiger partial charge on any atom is 0.285 e. The van der Waals surface area contributed by atoms with Crippen molar-refractivity contribution in [3.05, 3.63) is 46.8 Å². The smallest absolute Gasteiger partial charge is 0.285 e. The molecular formula is C19H22N4O3S. The fourth-order valence-corrected chi connectivity index (χ4v) is 5.89. The largest absolute Gasteiger partial charge is 0.361 e. The first-order chi connectivity index (χ1) is 12.9. The van der Waals surface area contributed by atoms with Crippen LogP contribution in [0.4, 0.5) is 0 Å². The van der Waals surface area contributed by atoms with Crippen LogP contribution < -0.4 is 0 Å². The molecule has 0 aliphatic carbocycles. The van der Waals surface area contributed by atoms with E-state index in [9.17, 15) is 8.42 Å². The Morgan fingerprint density at radius 1 is 1.11 bits per heavy atom. The average molecular weight is 386 g/mol. The molecule has 0 bridgehead atoms. The van der Waals surface area contributed by atoms with Gasteiger partial charge in [-0.15, -0.1) is 4.40 Å². The number of fused-ring (bicyclic) bond motifs is 2. The van der Waals surface area contributed by atoms with Gasteiger partial charge in [0.25, 0.3) is 10.0 Å². The Kier molecular flexibility index (Phi) is 3.70. The Hall–Kier alpha value is -2.19. The molecule has 7 nitrogen and oxygen atoms in total. The minimum atomic E-state index is -3.55. The number of sulfonamides is 1. The van der Waals surface area contributed by atoms with Gasteiger partial charge >= 0.3 is 0 Å².